The smallest absolute Gasteiger partial charge is 0.178 e. The molecule has 0 aliphatic carbocycles. The van der Waals surface area contributed by atoms with Crippen LogP contribution in [0.5, 0.6) is 5.75 Å². The average Bonchev–Trinajstić information content (AvgIpc) is 2.76. The van der Waals surface area contributed by atoms with E-state index >= 15 is 0 Å². The van der Waals surface area contributed by atoms with Crippen molar-refractivity contribution in [2.24, 2.45) is 0 Å². The minimum absolute atomic E-state index is 0.0469. The fraction of sp³-hybridized carbons (Fsp3) is 0.462. The van der Waals surface area contributed by atoms with Gasteiger partial charge in [0.1, 0.15) is 5.75 Å². The van der Waals surface area contributed by atoms with Crippen LogP contribution < -0.4 is 4.74 Å². The van der Waals surface area contributed by atoms with Gasteiger partial charge in [-0.1, -0.05) is 0 Å². The summed E-state index contributed by atoms with van der Waals surface area (Å²) in [6, 6.07) is 5.86. The summed E-state index contributed by atoms with van der Waals surface area (Å²) in [6.07, 6.45) is 0.0469. The number of nitrogens with one attached hydrogen (secondary N) is 1. The van der Waals surface area contributed by atoms with Crippen LogP contribution in [0.15, 0.2) is 18.2 Å². The fourth-order valence-electron chi connectivity index (χ4n) is 2.29. The Kier molecular flexibility index (Phi) is 3.54. The molecule has 19 heavy (non-hydrogen) atoms. The Labute approximate surface area is 116 Å². The van der Waals surface area contributed by atoms with Gasteiger partial charge in [0, 0.05) is 6.07 Å². The van der Waals surface area contributed by atoms with Crippen molar-refractivity contribution in [2.45, 2.75) is 12.6 Å². The standard InChI is InChI=1S/C13H16N2O3S/c1-16-9-2-3-11-12(6-9)15(13(19)14-11)7-10-8-17-4-5-18-10/h2-3,6,10H,4-5,7-8H2,1H3,(H,14,19). The van der Waals surface area contributed by atoms with Crippen LogP contribution in [-0.4, -0.2) is 42.6 Å². The number of hydrogen-bond acceptors (Lipinski definition) is 4. The summed E-state index contributed by atoms with van der Waals surface area (Å²) < 4.78 is 19.1. The number of nitrogens with zero attached hydrogens (tertiary/aromatic N) is 1. The molecule has 1 N–H and O–H groups in total. The summed E-state index contributed by atoms with van der Waals surface area (Å²) in [7, 11) is 1.66. The number of rotatable bonds is 3. The van der Waals surface area contributed by atoms with E-state index in [4.69, 9.17) is 26.4 Å². The monoisotopic (exact) mass is 280 g/mol. The van der Waals surface area contributed by atoms with Gasteiger partial charge >= 0.3 is 0 Å². The van der Waals surface area contributed by atoms with Gasteiger partial charge in [-0.25, -0.2) is 0 Å². The van der Waals surface area contributed by atoms with Gasteiger partial charge in [0.05, 0.1) is 50.6 Å². The molecule has 1 aromatic heterocycles. The van der Waals surface area contributed by atoms with Gasteiger partial charge in [-0.15, -0.1) is 0 Å². The first-order chi connectivity index (χ1) is 9.28. The SMILES string of the molecule is COc1ccc2[nH]c(=S)n(CC3COCCO3)c2c1. The molecule has 1 fully saturated rings. The molecule has 102 valence electrons. The van der Waals surface area contributed by atoms with Crippen molar-refractivity contribution >= 4 is 23.3 Å². The Morgan fingerprint density at radius 1 is 1.47 bits per heavy atom. The van der Waals surface area contributed by atoms with E-state index in [2.05, 4.69) is 4.98 Å². The van der Waals surface area contributed by atoms with E-state index in [1.807, 2.05) is 22.8 Å². The predicted molar refractivity (Wildman–Crippen MR) is 74.2 cm³/mol. The van der Waals surface area contributed by atoms with Crippen LogP contribution in [0.2, 0.25) is 0 Å². The zero-order valence-corrected chi connectivity index (χ0v) is 11.5. The molecule has 0 radical (unpaired) electrons. The first-order valence-electron chi connectivity index (χ1n) is 6.24. The normalized spacial score (nSPS) is 19.7. The molecular weight excluding hydrogens is 264 g/mol. The number of benzene rings is 1. The topological polar surface area (TPSA) is 48.4 Å². The lowest BCUT2D eigenvalue weighted by Gasteiger charge is -2.23. The van der Waals surface area contributed by atoms with E-state index in [0.717, 1.165) is 16.8 Å². The van der Waals surface area contributed by atoms with Crippen molar-refractivity contribution in [2.75, 3.05) is 26.9 Å². The summed E-state index contributed by atoms with van der Waals surface area (Å²) in [5, 5.41) is 0. The van der Waals surface area contributed by atoms with Crippen molar-refractivity contribution < 1.29 is 14.2 Å². The van der Waals surface area contributed by atoms with Gasteiger partial charge < -0.3 is 23.8 Å². The fourth-order valence-corrected chi connectivity index (χ4v) is 2.57. The summed E-state index contributed by atoms with van der Waals surface area (Å²) in [5.74, 6) is 0.816. The molecule has 1 aromatic carbocycles. The number of H-pyrrole nitrogens is 1. The van der Waals surface area contributed by atoms with Crippen molar-refractivity contribution in [3.63, 3.8) is 0 Å². The maximum absolute atomic E-state index is 5.67. The maximum atomic E-state index is 5.67. The Morgan fingerprint density at radius 2 is 2.37 bits per heavy atom. The number of ether oxygens (including phenoxy) is 3. The highest BCUT2D eigenvalue weighted by atomic mass is 32.1. The number of aromatic nitrogens is 2. The van der Waals surface area contributed by atoms with Crippen LogP contribution in [0.25, 0.3) is 11.0 Å². The van der Waals surface area contributed by atoms with Gasteiger partial charge in [-0.3, -0.25) is 0 Å². The van der Waals surface area contributed by atoms with Gasteiger partial charge in [-0.2, -0.15) is 0 Å². The average molecular weight is 280 g/mol. The summed E-state index contributed by atoms with van der Waals surface area (Å²) in [4.78, 5) is 3.19. The van der Waals surface area contributed by atoms with E-state index < -0.39 is 0 Å². The molecule has 0 bridgehead atoms. The summed E-state index contributed by atoms with van der Waals surface area (Å²) in [6.45, 7) is 2.61. The Bertz CT molecular complexity index is 628. The number of hydrogen-bond donors (Lipinski definition) is 1. The Balaban J connectivity index is 1.96. The Morgan fingerprint density at radius 3 is 3.11 bits per heavy atom. The lowest BCUT2D eigenvalue weighted by Crippen LogP contribution is -2.32. The highest BCUT2D eigenvalue weighted by Gasteiger charge is 2.17. The first-order valence-corrected chi connectivity index (χ1v) is 6.64. The van der Waals surface area contributed by atoms with Crippen LogP contribution in [0.1, 0.15) is 0 Å². The zero-order chi connectivity index (χ0) is 13.2. The lowest BCUT2D eigenvalue weighted by atomic mass is 10.3. The molecule has 5 nitrogen and oxygen atoms in total. The maximum Gasteiger partial charge on any atom is 0.178 e. The minimum Gasteiger partial charge on any atom is -0.497 e. The number of imidazole rings is 1. The van der Waals surface area contributed by atoms with Gasteiger partial charge in [0.25, 0.3) is 0 Å². The van der Waals surface area contributed by atoms with Gasteiger partial charge in [-0.05, 0) is 24.4 Å². The van der Waals surface area contributed by atoms with Crippen molar-refractivity contribution in [3.05, 3.63) is 23.0 Å². The molecule has 1 atom stereocenters. The Hall–Kier alpha value is -1.37. The molecular formula is C13H16N2O3S. The highest BCUT2D eigenvalue weighted by Crippen LogP contribution is 2.21. The van der Waals surface area contributed by atoms with Crippen molar-refractivity contribution in [3.8, 4) is 5.75 Å². The largest absolute Gasteiger partial charge is 0.497 e. The van der Waals surface area contributed by atoms with Gasteiger partial charge in [0.15, 0.2) is 4.77 Å². The second-order valence-corrected chi connectivity index (χ2v) is 4.88. The minimum atomic E-state index is 0.0469. The molecule has 0 saturated carbocycles. The quantitative estimate of drug-likeness (QED) is 0.875. The van der Waals surface area contributed by atoms with E-state index in [-0.39, 0.29) is 6.10 Å². The molecule has 1 aliphatic heterocycles. The predicted octanol–water partition coefficient (Wildman–Crippen LogP) is 2.12. The third-order valence-corrected chi connectivity index (χ3v) is 3.58. The number of fused-ring (bicyclic) bond motifs is 1. The molecule has 1 aliphatic rings. The first kappa shape index (κ1) is 12.7. The lowest BCUT2D eigenvalue weighted by molar-refractivity contribution is -0.0933. The molecule has 2 aromatic rings. The van der Waals surface area contributed by atoms with E-state index in [1.54, 1.807) is 7.11 Å². The van der Waals surface area contributed by atoms with Crippen LogP contribution in [-0.2, 0) is 16.0 Å². The zero-order valence-electron chi connectivity index (χ0n) is 10.7. The molecule has 6 heteroatoms. The second-order valence-electron chi connectivity index (χ2n) is 4.49. The highest BCUT2D eigenvalue weighted by molar-refractivity contribution is 7.71. The molecule has 2 heterocycles. The third kappa shape index (κ3) is 2.51. The van der Waals surface area contributed by atoms with Crippen LogP contribution in [0, 0.1) is 4.77 Å². The molecule has 0 amide bonds. The summed E-state index contributed by atoms with van der Waals surface area (Å²) in [5.41, 5.74) is 2.03. The van der Waals surface area contributed by atoms with Crippen molar-refractivity contribution in [1.82, 2.24) is 9.55 Å². The van der Waals surface area contributed by atoms with E-state index in [1.165, 1.54) is 0 Å². The molecule has 1 unspecified atom stereocenters. The van der Waals surface area contributed by atoms with Crippen LogP contribution in [0.3, 0.4) is 0 Å². The van der Waals surface area contributed by atoms with Crippen LogP contribution in [0.4, 0.5) is 0 Å². The van der Waals surface area contributed by atoms with Crippen molar-refractivity contribution in [1.29, 1.82) is 0 Å². The van der Waals surface area contributed by atoms with Crippen LogP contribution >= 0.6 is 12.2 Å². The molecule has 3 rings (SSSR count). The summed E-state index contributed by atoms with van der Waals surface area (Å²) >= 11 is 5.37. The van der Waals surface area contributed by atoms with Gasteiger partial charge in [0.2, 0.25) is 0 Å². The second kappa shape index (κ2) is 5.32. The van der Waals surface area contributed by atoms with E-state index in [0.29, 0.717) is 31.1 Å². The molecule has 1 saturated heterocycles. The number of aromatic amines is 1. The molecule has 0 spiro atoms. The van der Waals surface area contributed by atoms with E-state index in [9.17, 15) is 0 Å². The number of methoxy groups -OCH3 is 1. The third-order valence-electron chi connectivity index (χ3n) is 3.25.